The molecule has 0 amide bonds. The summed E-state index contributed by atoms with van der Waals surface area (Å²) < 4.78 is 4.45. The van der Waals surface area contributed by atoms with E-state index in [0.29, 0.717) is 0 Å². The highest BCUT2D eigenvalue weighted by atomic mass is 16.5. The van der Waals surface area contributed by atoms with Gasteiger partial charge >= 0.3 is 11.9 Å². The van der Waals surface area contributed by atoms with Crippen LogP contribution in [0.25, 0.3) is 0 Å². The molecule has 0 fully saturated rings. The lowest BCUT2D eigenvalue weighted by Gasteiger charge is -2.06. The summed E-state index contributed by atoms with van der Waals surface area (Å²) in [5.74, 6) is -2.86. The van der Waals surface area contributed by atoms with Crippen LogP contribution >= 0.6 is 0 Å². The number of aliphatic hydroxyl groups excluding tert-OH is 1. The molecule has 1 unspecified atom stereocenters. The number of aliphatic carboxylic acids is 1. The Kier molecular flexibility index (Phi) is 5.72. The number of ketones is 1. The molecular formula is C10H12O6. The van der Waals surface area contributed by atoms with Crippen molar-refractivity contribution < 1.29 is 29.3 Å². The molecule has 88 valence electrons. The van der Waals surface area contributed by atoms with Gasteiger partial charge in [-0.1, -0.05) is 6.58 Å². The molecule has 0 saturated heterocycles. The number of hydrogen-bond acceptors (Lipinski definition) is 5. The van der Waals surface area contributed by atoms with Gasteiger partial charge in [0.25, 0.3) is 0 Å². The summed E-state index contributed by atoms with van der Waals surface area (Å²) >= 11 is 0. The Morgan fingerprint density at radius 1 is 1.44 bits per heavy atom. The first-order chi connectivity index (χ1) is 7.38. The van der Waals surface area contributed by atoms with Gasteiger partial charge in [-0.2, -0.15) is 0 Å². The van der Waals surface area contributed by atoms with Gasteiger partial charge in [0, 0.05) is 11.6 Å². The zero-order chi connectivity index (χ0) is 12.7. The largest absolute Gasteiger partial charge is 0.478 e. The Bertz CT molecular complexity index is 341. The predicted octanol–water partition coefficient (Wildman–Crippen LogP) is -0.324. The van der Waals surface area contributed by atoms with E-state index in [0.717, 1.165) is 12.2 Å². The van der Waals surface area contributed by atoms with Crippen LogP contribution in [-0.4, -0.2) is 40.6 Å². The van der Waals surface area contributed by atoms with Crippen molar-refractivity contribution >= 4 is 17.7 Å². The third-order valence-corrected chi connectivity index (χ3v) is 1.58. The highest BCUT2D eigenvalue weighted by Gasteiger charge is 2.14. The minimum Gasteiger partial charge on any atom is -0.478 e. The molecule has 0 aliphatic heterocycles. The number of carboxylic acids is 1. The second kappa shape index (κ2) is 6.52. The van der Waals surface area contributed by atoms with E-state index in [-0.39, 0.29) is 5.57 Å². The van der Waals surface area contributed by atoms with Crippen LogP contribution in [0, 0.1) is 0 Å². The highest BCUT2D eigenvalue weighted by molar-refractivity contribution is 5.95. The third kappa shape index (κ3) is 5.06. The number of ether oxygens (including phenoxy) is 1. The van der Waals surface area contributed by atoms with Gasteiger partial charge in [-0.15, -0.1) is 0 Å². The Labute approximate surface area is 91.8 Å². The third-order valence-electron chi connectivity index (χ3n) is 1.58. The average molecular weight is 228 g/mol. The first kappa shape index (κ1) is 14.1. The lowest BCUT2D eigenvalue weighted by molar-refractivity contribution is -0.143. The molecule has 0 rings (SSSR count). The van der Waals surface area contributed by atoms with Crippen LogP contribution in [-0.2, 0) is 19.1 Å². The number of aliphatic hydroxyl groups is 1. The standard InChI is InChI=1S/C10H12O6/c1-3-7(11)8(12)5-16-9(13)4-6(2)10(14)15/h3-4,8,12H,1,5H2,2H3,(H,14,15)/b6-4-. The summed E-state index contributed by atoms with van der Waals surface area (Å²) in [6, 6.07) is 0. The molecule has 2 N–H and O–H groups in total. The fourth-order valence-electron chi connectivity index (χ4n) is 0.659. The Balaban J connectivity index is 4.18. The highest BCUT2D eigenvalue weighted by Crippen LogP contribution is 1.95. The predicted molar refractivity (Wildman–Crippen MR) is 53.6 cm³/mol. The molecule has 0 radical (unpaired) electrons. The molecule has 0 saturated carbocycles. The number of esters is 1. The van der Waals surface area contributed by atoms with Gasteiger partial charge in [0.05, 0.1) is 0 Å². The van der Waals surface area contributed by atoms with Gasteiger partial charge in [-0.3, -0.25) is 4.79 Å². The van der Waals surface area contributed by atoms with Gasteiger partial charge in [-0.05, 0) is 13.0 Å². The second-order valence-corrected chi connectivity index (χ2v) is 2.88. The van der Waals surface area contributed by atoms with Crippen molar-refractivity contribution in [3.05, 3.63) is 24.3 Å². The van der Waals surface area contributed by atoms with Crippen LogP contribution in [0.4, 0.5) is 0 Å². The normalized spacial score (nSPS) is 12.8. The maximum Gasteiger partial charge on any atom is 0.331 e. The van der Waals surface area contributed by atoms with Gasteiger partial charge in [0.2, 0.25) is 0 Å². The average Bonchev–Trinajstić information content (AvgIpc) is 2.24. The van der Waals surface area contributed by atoms with E-state index < -0.39 is 30.4 Å². The fourth-order valence-corrected chi connectivity index (χ4v) is 0.659. The van der Waals surface area contributed by atoms with Crippen molar-refractivity contribution in [2.24, 2.45) is 0 Å². The van der Waals surface area contributed by atoms with Crippen molar-refractivity contribution in [2.45, 2.75) is 13.0 Å². The van der Waals surface area contributed by atoms with Crippen molar-refractivity contribution in [2.75, 3.05) is 6.61 Å². The maximum absolute atomic E-state index is 11.0. The van der Waals surface area contributed by atoms with Crippen LogP contribution < -0.4 is 0 Å². The first-order valence-electron chi connectivity index (χ1n) is 4.31. The summed E-state index contributed by atoms with van der Waals surface area (Å²) in [6.45, 7) is 3.82. The molecule has 0 aliphatic rings. The quantitative estimate of drug-likeness (QED) is 0.477. The SMILES string of the molecule is C=CC(=O)C(O)COC(=O)/C=C(/C)C(=O)O. The Morgan fingerprint density at radius 3 is 2.44 bits per heavy atom. The zero-order valence-electron chi connectivity index (χ0n) is 8.67. The van der Waals surface area contributed by atoms with Crippen molar-refractivity contribution in [1.82, 2.24) is 0 Å². The molecule has 0 heterocycles. The van der Waals surface area contributed by atoms with Gasteiger partial charge in [0.15, 0.2) is 11.9 Å². The van der Waals surface area contributed by atoms with Crippen molar-refractivity contribution in [3.8, 4) is 0 Å². The first-order valence-corrected chi connectivity index (χ1v) is 4.31. The number of carboxylic acid groups (broad SMARTS) is 1. The zero-order valence-corrected chi connectivity index (χ0v) is 8.67. The number of hydrogen-bond donors (Lipinski definition) is 2. The topological polar surface area (TPSA) is 101 Å². The Morgan fingerprint density at radius 2 is 2.00 bits per heavy atom. The molecule has 0 aromatic heterocycles. The van der Waals surface area contributed by atoms with Crippen LogP contribution in [0.2, 0.25) is 0 Å². The lowest BCUT2D eigenvalue weighted by Crippen LogP contribution is -2.25. The molecule has 16 heavy (non-hydrogen) atoms. The molecule has 6 nitrogen and oxygen atoms in total. The molecular weight excluding hydrogens is 216 g/mol. The summed E-state index contributed by atoms with van der Waals surface area (Å²) in [4.78, 5) is 32.1. The minimum atomic E-state index is -1.47. The van der Waals surface area contributed by atoms with E-state index >= 15 is 0 Å². The molecule has 0 aliphatic carbocycles. The van der Waals surface area contributed by atoms with E-state index in [4.69, 9.17) is 10.2 Å². The lowest BCUT2D eigenvalue weighted by atomic mass is 10.2. The molecule has 1 atom stereocenters. The van der Waals surface area contributed by atoms with E-state index in [1.54, 1.807) is 0 Å². The van der Waals surface area contributed by atoms with Crippen LogP contribution in [0.5, 0.6) is 0 Å². The van der Waals surface area contributed by atoms with Crippen LogP contribution in [0.15, 0.2) is 24.3 Å². The number of carbonyl (C=O) groups excluding carboxylic acids is 2. The molecule has 6 heteroatoms. The Hall–Kier alpha value is -1.95. The van der Waals surface area contributed by atoms with E-state index in [9.17, 15) is 14.4 Å². The van der Waals surface area contributed by atoms with E-state index in [1.165, 1.54) is 6.92 Å². The molecule has 0 aromatic carbocycles. The molecule has 0 aromatic rings. The van der Waals surface area contributed by atoms with Crippen molar-refractivity contribution in [1.29, 1.82) is 0 Å². The summed E-state index contributed by atoms with van der Waals surface area (Å²) in [6.07, 6.45) is 0.185. The molecule has 0 bridgehead atoms. The minimum absolute atomic E-state index is 0.200. The van der Waals surface area contributed by atoms with Crippen LogP contribution in [0.1, 0.15) is 6.92 Å². The maximum atomic E-state index is 11.0. The summed E-state index contributed by atoms with van der Waals surface area (Å²) in [5, 5.41) is 17.5. The van der Waals surface area contributed by atoms with Crippen molar-refractivity contribution in [3.63, 3.8) is 0 Å². The van der Waals surface area contributed by atoms with Crippen LogP contribution in [0.3, 0.4) is 0 Å². The summed E-state index contributed by atoms with van der Waals surface area (Å²) in [5.41, 5.74) is -0.200. The molecule has 0 spiro atoms. The number of rotatable bonds is 6. The van der Waals surface area contributed by atoms with Gasteiger partial charge in [0.1, 0.15) is 6.61 Å². The van der Waals surface area contributed by atoms with Gasteiger partial charge in [-0.25, -0.2) is 9.59 Å². The monoisotopic (exact) mass is 228 g/mol. The van der Waals surface area contributed by atoms with E-state index in [2.05, 4.69) is 11.3 Å². The van der Waals surface area contributed by atoms with E-state index in [1.807, 2.05) is 0 Å². The smallest absolute Gasteiger partial charge is 0.331 e. The second-order valence-electron chi connectivity index (χ2n) is 2.88. The van der Waals surface area contributed by atoms with Gasteiger partial charge < -0.3 is 14.9 Å². The summed E-state index contributed by atoms with van der Waals surface area (Å²) in [7, 11) is 0. The number of carbonyl (C=O) groups is 3. The fraction of sp³-hybridized carbons (Fsp3) is 0.300.